The molecule has 0 saturated carbocycles. The van der Waals surface area contributed by atoms with Crippen LogP contribution in [-0.2, 0) is 6.42 Å². The monoisotopic (exact) mass is 286 g/mol. The highest BCUT2D eigenvalue weighted by atomic mass is 16.6. The number of nitro groups is 1. The number of nitrogens with zero attached hydrogens (tertiary/aromatic N) is 1. The summed E-state index contributed by atoms with van der Waals surface area (Å²) in [5.41, 5.74) is 8.08. The summed E-state index contributed by atoms with van der Waals surface area (Å²) in [6.07, 6.45) is 1.41. The van der Waals surface area contributed by atoms with Crippen LogP contribution in [0.2, 0.25) is 0 Å². The summed E-state index contributed by atoms with van der Waals surface area (Å²) in [5, 5.41) is 11.0. The maximum atomic E-state index is 11.0. The third kappa shape index (κ3) is 3.79. The molecule has 0 aromatic heterocycles. The van der Waals surface area contributed by atoms with Gasteiger partial charge in [-0.3, -0.25) is 10.1 Å². The molecule has 2 aromatic carbocycles. The molecule has 5 nitrogen and oxygen atoms in total. The van der Waals surface area contributed by atoms with Crippen LogP contribution in [-0.4, -0.2) is 12.0 Å². The van der Waals surface area contributed by atoms with Gasteiger partial charge >= 0.3 is 5.69 Å². The lowest BCUT2D eigenvalue weighted by Gasteiger charge is -2.12. The molecule has 0 amide bonds. The Morgan fingerprint density at radius 1 is 1.24 bits per heavy atom. The third-order valence-electron chi connectivity index (χ3n) is 3.41. The third-order valence-corrected chi connectivity index (χ3v) is 3.41. The number of rotatable bonds is 6. The highest BCUT2D eigenvalue weighted by Crippen LogP contribution is 2.28. The average molecular weight is 286 g/mol. The number of aryl methyl sites for hydroxylation is 1. The summed E-state index contributed by atoms with van der Waals surface area (Å²) in [6, 6.07) is 14.8. The van der Waals surface area contributed by atoms with Crippen LogP contribution in [0, 0.1) is 10.1 Å². The zero-order valence-corrected chi connectivity index (χ0v) is 11.9. The first-order valence-electron chi connectivity index (χ1n) is 6.73. The molecule has 0 spiro atoms. The summed E-state index contributed by atoms with van der Waals surface area (Å²) < 4.78 is 4.99. The fourth-order valence-electron chi connectivity index (χ4n) is 2.22. The van der Waals surface area contributed by atoms with Gasteiger partial charge in [-0.05, 0) is 30.0 Å². The van der Waals surface area contributed by atoms with Crippen molar-refractivity contribution in [3.05, 3.63) is 69.8 Å². The topological polar surface area (TPSA) is 78.4 Å². The van der Waals surface area contributed by atoms with Crippen molar-refractivity contribution in [1.82, 2.24) is 0 Å². The summed E-state index contributed by atoms with van der Waals surface area (Å²) in [6.45, 7) is 0. The minimum absolute atomic E-state index is 0.0108. The zero-order chi connectivity index (χ0) is 15.2. The minimum Gasteiger partial charge on any atom is -0.490 e. The highest BCUT2D eigenvalue weighted by molar-refractivity contribution is 5.48. The molecular formula is C16H18N2O3. The van der Waals surface area contributed by atoms with Gasteiger partial charge in [0.25, 0.3) is 0 Å². The van der Waals surface area contributed by atoms with Crippen molar-refractivity contribution in [2.24, 2.45) is 5.73 Å². The molecule has 0 bridgehead atoms. The van der Waals surface area contributed by atoms with E-state index in [0.717, 1.165) is 17.5 Å². The van der Waals surface area contributed by atoms with Crippen LogP contribution in [0.5, 0.6) is 5.75 Å². The van der Waals surface area contributed by atoms with Crippen molar-refractivity contribution in [2.75, 3.05) is 7.11 Å². The lowest BCUT2D eigenvalue weighted by molar-refractivity contribution is -0.385. The molecule has 21 heavy (non-hydrogen) atoms. The number of nitrogens with two attached hydrogens (primary N) is 1. The second-order valence-corrected chi connectivity index (χ2v) is 4.82. The van der Waals surface area contributed by atoms with E-state index in [1.54, 1.807) is 12.1 Å². The van der Waals surface area contributed by atoms with E-state index >= 15 is 0 Å². The molecule has 0 saturated heterocycles. The second-order valence-electron chi connectivity index (χ2n) is 4.82. The maximum absolute atomic E-state index is 11.0. The van der Waals surface area contributed by atoms with Crippen LogP contribution in [0.1, 0.15) is 23.6 Å². The molecule has 0 aliphatic rings. The fraction of sp³-hybridized carbons (Fsp3) is 0.250. The maximum Gasteiger partial charge on any atom is 0.311 e. The van der Waals surface area contributed by atoms with Crippen LogP contribution in [0.15, 0.2) is 48.5 Å². The van der Waals surface area contributed by atoms with Gasteiger partial charge in [0.1, 0.15) is 0 Å². The van der Waals surface area contributed by atoms with Crippen molar-refractivity contribution in [1.29, 1.82) is 0 Å². The van der Waals surface area contributed by atoms with Crippen LogP contribution in [0.4, 0.5) is 5.69 Å². The van der Waals surface area contributed by atoms with Gasteiger partial charge in [-0.1, -0.05) is 36.4 Å². The Labute approximate surface area is 123 Å². The van der Waals surface area contributed by atoms with E-state index in [2.05, 4.69) is 0 Å². The summed E-state index contributed by atoms with van der Waals surface area (Å²) in [4.78, 5) is 10.6. The molecule has 2 aromatic rings. The van der Waals surface area contributed by atoms with Crippen LogP contribution >= 0.6 is 0 Å². The lowest BCUT2D eigenvalue weighted by Crippen LogP contribution is -2.11. The first-order chi connectivity index (χ1) is 10.1. The van der Waals surface area contributed by atoms with E-state index in [1.807, 2.05) is 36.4 Å². The van der Waals surface area contributed by atoms with E-state index in [4.69, 9.17) is 10.5 Å². The van der Waals surface area contributed by atoms with E-state index in [0.29, 0.717) is 6.42 Å². The number of benzene rings is 2. The van der Waals surface area contributed by atoms with Crippen molar-refractivity contribution >= 4 is 5.69 Å². The van der Waals surface area contributed by atoms with Crippen LogP contribution in [0.25, 0.3) is 0 Å². The Kier molecular flexibility index (Phi) is 4.90. The Morgan fingerprint density at radius 3 is 2.57 bits per heavy atom. The standard InChI is InChI=1S/C16H18N2O3/c1-21-16-10-8-12(11-15(16)18(19)20)7-9-14(17)13-5-3-2-4-6-13/h2-6,8,10-11,14H,7,9,17H2,1H3. The smallest absolute Gasteiger partial charge is 0.311 e. The van der Waals surface area contributed by atoms with E-state index < -0.39 is 4.92 Å². The van der Waals surface area contributed by atoms with Gasteiger partial charge in [0.2, 0.25) is 0 Å². The summed E-state index contributed by atoms with van der Waals surface area (Å²) in [5.74, 6) is 0.274. The summed E-state index contributed by atoms with van der Waals surface area (Å²) >= 11 is 0. The molecule has 2 rings (SSSR count). The van der Waals surface area contributed by atoms with Crippen LogP contribution in [0.3, 0.4) is 0 Å². The van der Waals surface area contributed by atoms with Gasteiger partial charge in [0.05, 0.1) is 12.0 Å². The molecule has 0 radical (unpaired) electrons. The molecule has 0 aliphatic heterocycles. The first kappa shape index (κ1) is 15.0. The Balaban J connectivity index is 2.07. The Morgan fingerprint density at radius 2 is 1.95 bits per heavy atom. The lowest BCUT2D eigenvalue weighted by atomic mass is 9.99. The molecule has 5 heteroatoms. The number of nitro benzene ring substituents is 1. The normalized spacial score (nSPS) is 11.9. The predicted octanol–water partition coefficient (Wildman–Crippen LogP) is 3.24. The number of hydrogen-bond acceptors (Lipinski definition) is 4. The number of methoxy groups -OCH3 is 1. The van der Waals surface area contributed by atoms with Crippen molar-refractivity contribution in [2.45, 2.75) is 18.9 Å². The average Bonchev–Trinajstić information content (AvgIpc) is 2.53. The van der Waals surface area contributed by atoms with E-state index in [9.17, 15) is 10.1 Å². The van der Waals surface area contributed by atoms with E-state index in [1.165, 1.54) is 7.11 Å². The highest BCUT2D eigenvalue weighted by Gasteiger charge is 2.15. The SMILES string of the molecule is COc1ccc(CCC(N)c2ccccc2)cc1[N+](=O)[O-]. The quantitative estimate of drug-likeness (QED) is 0.653. The van der Waals surface area contributed by atoms with Gasteiger partial charge in [-0.25, -0.2) is 0 Å². The van der Waals surface area contributed by atoms with Gasteiger partial charge in [0, 0.05) is 12.1 Å². The van der Waals surface area contributed by atoms with Crippen molar-refractivity contribution in [3.63, 3.8) is 0 Å². The number of ether oxygens (including phenoxy) is 1. The van der Waals surface area contributed by atoms with Gasteiger partial charge in [-0.2, -0.15) is 0 Å². The molecule has 0 fully saturated rings. The Hall–Kier alpha value is -2.40. The second kappa shape index (κ2) is 6.85. The molecule has 0 heterocycles. The molecular weight excluding hydrogens is 268 g/mol. The molecule has 1 unspecified atom stereocenters. The van der Waals surface area contributed by atoms with Gasteiger partial charge in [0.15, 0.2) is 5.75 Å². The van der Waals surface area contributed by atoms with Crippen LogP contribution < -0.4 is 10.5 Å². The van der Waals surface area contributed by atoms with Gasteiger partial charge < -0.3 is 10.5 Å². The van der Waals surface area contributed by atoms with E-state index in [-0.39, 0.29) is 17.5 Å². The predicted molar refractivity (Wildman–Crippen MR) is 81.3 cm³/mol. The van der Waals surface area contributed by atoms with Crippen molar-refractivity contribution < 1.29 is 9.66 Å². The van der Waals surface area contributed by atoms with Crippen molar-refractivity contribution in [3.8, 4) is 5.75 Å². The fourth-order valence-corrected chi connectivity index (χ4v) is 2.22. The van der Waals surface area contributed by atoms with Gasteiger partial charge in [-0.15, -0.1) is 0 Å². The molecule has 1 atom stereocenters. The molecule has 0 aliphatic carbocycles. The number of hydrogen-bond donors (Lipinski definition) is 1. The molecule has 2 N–H and O–H groups in total. The summed E-state index contributed by atoms with van der Waals surface area (Å²) in [7, 11) is 1.42. The largest absolute Gasteiger partial charge is 0.490 e. The first-order valence-corrected chi connectivity index (χ1v) is 6.73. The Bertz CT molecular complexity index is 614. The minimum atomic E-state index is -0.431. The zero-order valence-electron chi connectivity index (χ0n) is 11.9. The molecule has 110 valence electrons.